The van der Waals surface area contributed by atoms with Crippen LogP contribution in [0.5, 0.6) is 0 Å². The Morgan fingerprint density at radius 1 is 1.08 bits per heavy atom. The molecule has 1 aliphatic rings. The van der Waals surface area contributed by atoms with Gasteiger partial charge in [-0.2, -0.15) is 0 Å². The third-order valence-electron chi connectivity index (χ3n) is 3.89. The minimum absolute atomic E-state index is 0.511. The molecule has 0 radical (unpaired) electrons. The molecule has 1 atom stereocenters. The maximum absolute atomic E-state index is 2.43. The third-order valence-corrected chi connectivity index (χ3v) is 3.89. The molecule has 1 aliphatic carbocycles. The van der Waals surface area contributed by atoms with Gasteiger partial charge in [0.25, 0.3) is 0 Å². The van der Waals surface area contributed by atoms with E-state index in [-0.39, 0.29) is 0 Å². The summed E-state index contributed by atoms with van der Waals surface area (Å²) in [6, 6.07) is 0. The van der Waals surface area contributed by atoms with E-state index in [9.17, 15) is 0 Å². The van der Waals surface area contributed by atoms with E-state index >= 15 is 0 Å². The Balaban J connectivity index is 2.30. The van der Waals surface area contributed by atoms with Crippen molar-refractivity contribution in [3.63, 3.8) is 0 Å². The molecule has 0 heteroatoms. The lowest BCUT2D eigenvalue weighted by molar-refractivity contribution is 0.191. The molecule has 0 aromatic rings. The summed E-state index contributed by atoms with van der Waals surface area (Å²) in [7, 11) is 0. The summed E-state index contributed by atoms with van der Waals surface area (Å²) in [6.45, 7) is 9.55. The van der Waals surface area contributed by atoms with Gasteiger partial charge in [0.05, 0.1) is 0 Å². The largest absolute Gasteiger partial charge is 0.0620 e. The quantitative estimate of drug-likeness (QED) is 0.583. The van der Waals surface area contributed by atoms with E-state index in [4.69, 9.17) is 0 Å². The zero-order chi connectivity index (χ0) is 9.90. The Kier molecular flexibility index (Phi) is 3.82. The minimum Gasteiger partial charge on any atom is -0.0620 e. The summed E-state index contributed by atoms with van der Waals surface area (Å²) in [4.78, 5) is 0. The van der Waals surface area contributed by atoms with Crippen molar-refractivity contribution in [3.05, 3.63) is 0 Å². The van der Waals surface area contributed by atoms with Gasteiger partial charge in [0, 0.05) is 0 Å². The van der Waals surface area contributed by atoms with Crippen LogP contribution in [0, 0.1) is 17.3 Å². The molecule has 78 valence electrons. The molecule has 0 aromatic heterocycles. The molecule has 0 spiro atoms. The topological polar surface area (TPSA) is 0 Å². The van der Waals surface area contributed by atoms with Crippen LogP contribution in [0.3, 0.4) is 0 Å². The highest BCUT2D eigenvalue weighted by molar-refractivity contribution is 4.75. The zero-order valence-corrected chi connectivity index (χ0v) is 9.90. The van der Waals surface area contributed by atoms with Crippen LogP contribution in [0.2, 0.25) is 0 Å². The number of rotatable bonds is 2. The summed E-state index contributed by atoms with van der Waals surface area (Å²) in [5, 5.41) is 0. The molecule has 0 aliphatic heterocycles. The molecular weight excluding hydrogens is 156 g/mol. The van der Waals surface area contributed by atoms with Crippen molar-refractivity contribution in [1.82, 2.24) is 0 Å². The Hall–Kier alpha value is 0. The highest BCUT2D eigenvalue weighted by Crippen LogP contribution is 2.35. The Morgan fingerprint density at radius 3 is 2.08 bits per heavy atom. The first kappa shape index (κ1) is 11.1. The fourth-order valence-corrected chi connectivity index (χ4v) is 2.28. The summed E-state index contributed by atoms with van der Waals surface area (Å²) in [5.41, 5.74) is 0.511. The smallest absolute Gasteiger partial charge is 0.0357 e. The Morgan fingerprint density at radius 2 is 1.62 bits per heavy atom. The van der Waals surface area contributed by atoms with Crippen molar-refractivity contribution >= 4 is 0 Å². The molecular formula is C13H26. The van der Waals surface area contributed by atoms with Crippen molar-refractivity contribution < 1.29 is 0 Å². The average molecular weight is 182 g/mol. The van der Waals surface area contributed by atoms with E-state index in [0.29, 0.717) is 5.41 Å². The molecule has 0 saturated heterocycles. The highest BCUT2D eigenvalue weighted by atomic mass is 14.3. The van der Waals surface area contributed by atoms with Gasteiger partial charge >= 0.3 is 0 Å². The van der Waals surface area contributed by atoms with Crippen LogP contribution >= 0.6 is 0 Å². The molecule has 1 unspecified atom stereocenters. The Labute approximate surface area is 84.1 Å². The fourth-order valence-electron chi connectivity index (χ4n) is 2.28. The lowest BCUT2D eigenvalue weighted by Crippen LogP contribution is -2.21. The summed E-state index contributed by atoms with van der Waals surface area (Å²) in [6.07, 6.45) is 8.92. The van der Waals surface area contributed by atoms with Gasteiger partial charge in [-0.15, -0.1) is 0 Å². The molecule has 1 saturated carbocycles. The van der Waals surface area contributed by atoms with Gasteiger partial charge in [-0.05, 0) is 23.7 Å². The first-order valence-electron chi connectivity index (χ1n) is 6.00. The van der Waals surface area contributed by atoms with Crippen molar-refractivity contribution in [3.8, 4) is 0 Å². The van der Waals surface area contributed by atoms with Gasteiger partial charge in [0.15, 0.2) is 0 Å². The van der Waals surface area contributed by atoms with Gasteiger partial charge in [-0.3, -0.25) is 0 Å². The van der Waals surface area contributed by atoms with Crippen LogP contribution in [-0.4, -0.2) is 0 Å². The first-order valence-corrected chi connectivity index (χ1v) is 6.00. The maximum Gasteiger partial charge on any atom is -0.0357 e. The van der Waals surface area contributed by atoms with Gasteiger partial charge < -0.3 is 0 Å². The van der Waals surface area contributed by atoms with E-state index in [0.717, 1.165) is 11.8 Å². The van der Waals surface area contributed by atoms with Gasteiger partial charge in [-0.1, -0.05) is 59.8 Å². The van der Waals surface area contributed by atoms with Crippen LogP contribution in [0.1, 0.15) is 66.2 Å². The number of hydrogen-bond acceptors (Lipinski definition) is 0. The van der Waals surface area contributed by atoms with E-state index in [1.165, 1.54) is 38.5 Å². The monoisotopic (exact) mass is 182 g/mol. The van der Waals surface area contributed by atoms with E-state index in [1.807, 2.05) is 0 Å². The first-order chi connectivity index (χ1) is 6.00. The fraction of sp³-hybridized carbons (Fsp3) is 1.00. The highest BCUT2D eigenvalue weighted by Gasteiger charge is 2.24. The second kappa shape index (κ2) is 4.48. The normalized spacial score (nSPS) is 23.1. The lowest BCUT2D eigenvalue weighted by atomic mass is 9.74. The van der Waals surface area contributed by atoms with Crippen molar-refractivity contribution in [2.75, 3.05) is 0 Å². The van der Waals surface area contributed by atoms with Crippen LogP contribution < -0.4 is 0 Å². The van der Waals surface area contributed by atoms with E-state index in [1.54, 1.807) is 0 Å². The molecule has 13 heavy (non-hydrogen) atoms. The molecule has 0 nitrogen and oxygen atoms in total. The molecule has 0 aromatic carbocycles. The van der Waals surface area contributed by atoms with E-state index < -0.39 is 0 Å². The molecule has 0 bridgehead atoms. The van der Waals surface area contributed by atoms with Gasteiger partial charge in [-0.25, -0.2) is 0 Å². The minimum atomic E-state index is 0.511. The molecule has 0 heterocycles. The maximum atomic E-state index is 2.43. The molecule has 0 amide bonds. The lowest BCUT2D eigenvalue weighted by Gasteiger charge is -2.32. The van der Waals surface area contributed by atoms with Crippen molar-refractivity contribution in [1.29, 1.82) is 0 Å². The van der Waals surface area contributed by atoms with Gasteiger partial charge in [0.2, 0.25) is 0 Å². The standard InChI is InChI=1S/C13H26/c1-11(13(2,3)4)10-12-8-6-5-7-9-12/h11-12H,5-10H2,1-4H3. The van der Waals surface area contributed by atoms with E-state index in [2.05, 4.69) is 27.7 Å². The van der Waals surface area contributed by atoms with Gasteiger partial charge in [0.1, 0.15) is 0 Å². The van der Waals surface area contributed by atoms with Crippen LogP contribution in [0.15, 0.2) is 0 Å². The van der Waals surface area contributed by atoms with Crippen LogP contribution in [0.25, 0.3) is 0 Å². The molecule has 1 rings (SSSR count). The predicted molar refractivity (Wildman–Crippen MR) is 59.8 cm³/mol. The third kappa shape index (κ3) is 3.70. The number of hydrogen-bond donors (Lipinski definition) is 0. The van der Waals surface area contributed by atoms with Crippen LogP contribution in [0.4, 0.5) is 0 Å². The summed E-state index contributed by atoms with van der Waals surface area (Å²) < 4.78 is 0. The predicted octanol–water partition coefficient (Wildman–Crippen LogP) is 4.64. The average Bonchev–Trinajstić information content (AvgIpc) is 2.04. The Bertz CT molecular complexity index is 135. The van der Waals surface area contributed by atoms with Crippen LogP contribution in [-0.2, 0) is 0 Å². The second-order valence-electron chi connectivity index (χ2n) is 6.01. The second-order valence-corrected chi connectivity index (χ2v) is 6.01. The van der Waals surface area contributed by atoms with Crippen molar-refractivity contribution in [2.24, 2.45) is 17.3 Å². The summed E-state index contributed by atoms with van der Waals surface area (Å²) >= 11 is 0. The molecule has 0 N–H and O–H groups in total. The SMILES string of the molecule is CC(CC1CCCCC1)C(C)(C)C. The zero-order valence-electron chi connectivity index (χ0n) is 9.90. The van der Waals surface area contributed by atoms with Crippen molar-refractivity contribution in [2.45, 2.75) is 66.2 Å². The summed E-state index contributed by atoms with van der Waals surface area (Å²) in [5.74, 6) is 1.93. The molecule has 1 fully saturated rings.